The molecule has 1 aliphatic heterocycles. The first-order chi connectivity index (χ1) is 14.2. The molecule has 1 fully saturated rings. The fraction of sp³-hybridized carbons (Fsp3) is 0.381. The van der Waals surface area contributed by atoms with Gasteiger partial charge in [-0.3, -0.25) is 4.79 Å². The number of amides is 1. The van der Waals surface area contributed by atoms with Crippen molar-refractivity contribution in [1.29, 1.82) is 0 Å². The summed E-state index contributed by atoms with van der Waals surface area (Å²) in [6.07, 6.45) is 1.13. The lowest BCUT2D eigenvalue weighted by Crippen LogP contribution is -2.46. The summed E-state index contributed by atoms with van der Waals surface area (Å²) in [5.41, 5.74) is 0.551. The van der Waals surface area contributed by atoms with Crippen molar-refractivity contribution in [2.75, 3.05) is 31.6 Å². The van der Waals surface area contributed by atoms with Gasteiger partial charge in [0.25, 0.3) is 0 Å². The maximum absolute atomic E-state index is 13.3. The molecule has 0 aromatic heterocycles. The Morgan fingerprint density at radius 3 is 2.63 bits per heavy atom. The van der Waals surface area contributed by atoms with E-state index in [2.05, 4.69) is 0 Å². The molecule has 2 aromatic carbocycles. The Hall–Kier alpha value is -2.16. The highest BCUT2D eigenvalue weighted by molar-refractivity contribution is 7.89. The van der Waals surface area contributed by atoms with Crippen LogP contribution in [0.25, 0.3) is 0 Å². The number of nitrogens with zero attached hydrogens (tertiary/aromatic N) is 2. The first-order valence-electron chi connectivity index (χ1n) is 9.69. The summed E-state index contributed by atoms with van der Waals surface area (Å²) in [5, 5.41) is 0.290. The fourth-order valence-electron chi connectivity index (χ4n) is 3.53. The van der Waals surface area contributed by atoms with Crippen LogP contribution < -0.4 is 9.64 Å². The molecule has 0 bridgehead atoms. The van der Waals surface area contributed by atoms with E-state index in [0.29, 0.717) is 31.7 Å². The van der Waals surface area contributed by atoms with Gasteiger partial charge in [-0.15, -0.1) is 0 Å². The van der Waals surface area contributed by atoms with Gasteiger partial charge < -0.3 is 9.64 Å². The van der Waals surface area contributed by atoms with Crippen molar-refractivity contribution < 1.29 is 22.3 Å². The highest BCUT2D eigenvalue weighted by atomic mass is 35.5. The van der Waals surface area contributed by atoms with Gasteiger partial charge in [-0.25, -0.2) is 12.8 Å². The lowest BCUT2D eigenvalue weighted by atomic mass is 9.98. The van der Waals surface area contributed by atoms with E-state index < -0.39 is 15.9 Å². The fourth-order valence-corrected chi connectivity index (χ4v) is 5.44. The second-order valence-electron chi connectivity index (χ2n) is 7.10. The summed E-state index contributed by atoms with van der Waals surface area (Å²) in [7, 11) is -2.29. The van der Waals surface area contributed by atoms with E-state index >= 15 is 0 Å². The second-order valence-corrected chi connectivity index (χ2v) is 9.44. The molecule has 1 aliphatic rings. The first kappa shape index (κ1) is 22.5. The molecule has 0 aliphatic carbocycles. The predicted molar refractivity (Wildman–Crippen MR) is 114 cm³/mol. The van der Waals surface area contributed by atoms with Crippen molar-refractivity contribution in [3.8, 4) is 5.75 Å². The highest BCUT2D eigenvalue weighted by Gasteiger charge is 2.36. The first-order valence-corrected chi connectivity index (χ1v) is 11.5. The number of sulfonamides is 1. The molecule has 1 heterocycles. The van der Waals surface area contributed by atoms with Gasteiger partial charge in [-0.1, -0.05) is 11.6 Å². The third-order valence-electron chi connectivity index (χ3n) is 5.10. The molecule has 1 atom stereocenters. The Labute approximate surface area is 181 Å². The van der Waals surface area contributed by atoms with Gasteiger partial charge in [0.05, 0.1) is 12.5 Å². The number of halogens is 2. The number of piperidine rings is 1. The van der Waals surface area contributed by atoms with Crippen molar-refractivity contribution in [2.24, 2.45) is 5.92 Å². The number of rotatable bonds is 6. The van der Waals surface area contributed by atoms with E-state index in [1.165, 1.54) is 45.6 Å². The normalized spacial score (nSPS) is 17.5. The van der Waals surface area contributed by atoms with Crippen LogP contribution in [0.4, 0.5) is 10.1 Å². The summed E-state index contributed by atoms with van der Waals surface area (Å²) in [6.45, 7) is 2.45. The Kier molecular flexibility index (Phi) is 7.00. The number of carbonyl (C=O) groups excluding carboxylic acids is 1. The van der Waals surface area contributed by atoms with Crippen LogP contribution in [0.5, 0.6) is 5.75 Å². The van der Waals surface area contributed by atoms with Gasteiger partial charge in [0.1, 0.15) is 16.5 Å². The molecule has 6 nitrogen and oxygen atoms in total. The van der Waals surface area contributed by atoms with Crippen LogP contribution in [-0.4, -0.2) is 45.4 Å². The van der Waals surface area contributed by atoms with Crippen LogP contribution >= 0.6 is 11.6 Å². The summed E-state index contributed by atoms with van der Waals surface area (Å²) < 4.78 is 46.6. The predicted octanol–water partition coefficient (Wildman–Crippen LogP) is 3.94. The van der Waals surface area contributed by atoms with Crippen LogP contribution in [0.2, 0.25) is 5.02 Å². The molecule has 30 heavy (non-hydrogen) atoms. The molecule has 3 rings (SSSR count). The molecule has 1 saturated heterocycles. The van der Waals surface area contributed by atoms with Gasteiger partial charge in [-0.05, 0) is 62.2 Å². The Morgan fingerprint density at radius 1 is 1.27 bits per heavy atom. The Morgan fingerprint density at radius 2 is 1.97 bits per heavy atom. The van der Waals surface area contributed by atoms with Gasteiger partial charge in [0, 0.05) is 30.8 Å². The smallest absolute Gasteiger partial charge is 0.246 e. The van der Waals surface area contributed by atoms with Gasteiger partial charge in [-0.2, -0.15) is 4.31 Å². The number of anilines is 1. The minimum absolute atomic E-state index is 0.00293. The summed E-state index contributed by atoms with van der Waals surface area (Å²) in [5.74, 6) is -0.865. The van der Waals surface area contributed by atoms with Crippen molar-refractivity contribution in [2.45, 2.75) is 24.7 Å². The molecule has 0 unspecified atom stereocenters. The molecule has 162 valence electrons. The number of hydrogen-bond donors (Lipinski definition) is 0. The highest BCUT2D eigenvalue weighted by Crippen LogP contribution is 2.32. The quantitative estimate of drug-likeness (QED) is 0.663. The third kappa shape index (κ3) is 4.77. The average Bonchev–Trinajstić information content (AvgIpc) is 2.74. The van der Waals surface area contributed by atoms with Crippen molar-refractivity contribution in [3.63, 3.8) is 0 Å². The topological polar surface area (TPSA) is 66.9 Å². The van der Waals surface area contributed by atoms with E-state index in [1.54, 1.807) is 20.0 Å². The van der Waals surface area contributed by atoms with Crippen LogP contribution in [0.3, 0.4) is 0 Å². The standard InChI is InChI=1S/C21H24ClFN2O4S/c1-3-29-19-11-6-16(22)13-20(19)30(27,28)25-12-4-5-15(14-25)21(26)24(2)18-9-7-17(23)8-10-18/h6-11,13,15H,3-5,12,14H2,1-2H3/t15-/m0/s1. The maximum atomic E-state index is 13.3. The maximum Gasteiger partial charge on any atom is 0.246 e. The summed E-state index contributed by atoms with van der Waals surface area (Å²) in [6, 6.07) is 10.1. The third-order valence-corrected chi connectivity index (χ3v) is 7.22. The zero-order chi connectivity index (χ0) is 21.9. The van der Waals surface area contributed by atoms with Crippen molar-refractivity contribution >= 4 is 33.2 Å². The molecule has 0 N–H and O–H groups in total. The monoisotopic (exact) mass is 454 g/mol. The van der Waals surface area contributed by atoms with Crippen LogP contribution in [-0.2, 0) is 14.8 Å². The van der Waals surface area contributed by atoms with E-state index in [-0.39, 0.29) is 33.9 Å². The number of benzene rings is 2. The largest absolute Gasteiger partial charge is 0.492 e. The number of ether oxygens (including phenoxy) is 1. The summed E-state index contributed by atoms with van der Waals surface area (Å²) in [4.78, 5) is 14.4. The molecule has 9 heteroatoms. The van der Waals surface area contributed by atoms with Gasteiger partial charge in [0.2, 0.25) is 15.9 Å². The zero-order valence-corrected chi connectivity index (χ0v) is 18.4. The molecule has 2 aromatic rings. The molecule has 0 radical (unpaired) electrons. The van der Waals surface area contributed by atoms with Crippen LogP contribution in [0.1, 0.15) is 19.8 Å². The van der Waals surface area contributed by atoms with E-state index in [4.69, 9.17) is 16.3 Å². The molecule has 1 amide bonds. The molecule has 0 spiro atoms. The lowest BCUT2D eigenvalue weighted by molar-refractivity contribution is -0.123. The Bertz CT molecular complexity index is 1010. The second kappa shape index (κ2) is 9.32. The zero-order valence-electron chi connectivity index (χ0n) is 16.8. The van der Waals surface area contributed by atoms with E-state index in [9.17, 15) is 17.6 Å². The number of hydrogen-bond acceptors (Lipinski definition) is 4. The lowest BCUT2D eigenvalue weighted by Gasteiger charge is -2.33. The summed E-state index contributed by atoms with van der Waals surface area (Å²) >= 11 is 6.04. The molecular formula is C21H24ClFN2O4S. The van der Waals surface area contributed by atoms with Gasteiger partial charge >= 0.3 is 0 Å². The molecular weight excluding hydrogens is 431 g/mol. The van der Waals surface area contributed by atoms with Gasteiger partial charge in [0.15, 0.2) is 0 Å². The van der Waals surface area contributed by atoms with Crippen molar-refractivity contribution in [1.82, 2.24) is 4.31 Å². The SMILES string of the molecule is CCOc1ccc(Cl)cc1S(=O)(=O)N1CCC[C@H](C(=O)N(C)c2ccc(F)cc2)C1. The molecule has 0 saturated carbocycles. The minimum Gasteiger partial charge on any atom is -0.492 e. The van der Waals surface area contributed by atoms with E-state index in [0.717, 1.165) is 0 Å². The van der Waals surface area contributed by atoms with Crippen LogP contribution in [0.15, 0.2) is 47.4 Å². The number of carbonyl (C=O) groups is 1. The minimum atomic E-state index is -3.90. The van der Waals surface area contributed by atoms with Crippen molar-refractivity contribution in [3.05, 3.63) is 53.3 Å². The average molecular weight is 455 g/mol. The van der Waals surface area contributed by atoms with E-state index in [1.807, 2.05) is 0 Å². The van der Waals surface area contributed by atoms with Crippen LogP contribution in [0, 0.1) is 11.7 Å². The Balaban J connectivity index is 1.82.